The van der Waals surface area contributed by atoms with Gasteiger partial charge in [-0.2, -0.15) is 8.78 Å². The topological polar surface area (TPSA) is 83.3 Å². The lowest BCUT2D eigenvalue weighted by Crippen LogP contribution is -2.38. The predicted molar refractivity (Wildman–Crippen MR) is 138 cm³/mol. The van der Waals surface area contributed by atoms with Crippen LogP contribution in [0.1, 0.15) is 68.2 Å². The summed E-state index contributed by atoms with van der Waals surface area (Å²) in [5.41, 5.74) is 1.51. The van der Waals surface area contributed by atoms with Gasteiger partial charge in [0.05, 0.1) is 5.39 Å². The van der Waals surface area contributed by atoms with Gasteiger partial charge in [0.25, 0.3) is 11.5 Å². The van der Waals surface area contributed by atoms with Crippen LogP contribution >= 0.6 is 0 Å². The van der Waals surface area contributed by atoms with E-state index < -0.39 is 12.5 Å². The van der Waals surface area contributed by atoms with Crippen molar-refractivity contribution in [1.29, 1.82) is 0 Å². The lowest BCUT2D eigenvalue weighted by molar-refractivity contribution is -0.0556. The summed E-state index contributed by atoms with van der Waals surface area (Å²) in [7, 11) is 1.80. The Bertz CT molecular complexity index is 1300. The highest BCUT2D eigenvalue weighted by Gasteiger charge is 2.31. The number of rotatable bonds is 7. The number of aryl methyl sites for hydroxylation is 1. The number of likely N-dealkylation sites (tertiary alicyclic amines) is 1. The van der Waals surface area contributed by atoms with Crippen molar-refractivity contribution >= 4 is 16.7 Å². The van der Waals surface area contributed by atoms with Gasteiger partial charge < -0.3 is 19.9 Å². The van der Waals surface area contributed by atoms with Gasteiger partial charge in [0, 0.05) is 36.3 Å². The molecule has 0 spiro atoms. The number of halogens is 2. The zero-order valence-corrected chi connectivity index (χ0v) is 21.6. The third-order valence-corrected chi connectivity index (χ3v) is 7.28. The maximum atomic E-state index is 14.1. The monoisotopic (exact) mass is 499 g/mol. The van der Waals surface area contributed by atoms with Crippen LogP contribution in [0.5, 0.6) is 0 Å². The minimum atomic E-state index is -3.32. The molecule has 2 N–H and O–H groups in total. The molecule has 0 amide bonds. The molecule has 1 fully saturated rings. The Labute approximate surface area is 210 Å². The summed E-state index contributed by atoms with van der Waals surface area (Å²) in [5.74, 6) is -2.11. The van der Waals surface area contributed by atoms with Crippen LogP contribution in [0, 0.1) is 6.92 Å². The number of nitrogens with zero attached hydrogens (tertiary/aromatic N) is 4. The number of aliphatic hydroxyl groups excluding tert-OH is 1. The number of alkyl halides is 2. The van der Waals surface area contributed by atoms with Crippen molar-refractivity contribution in [1.82, 2.24) is 19.4 Å². The number of aromatic nitrogens is 3. The predicted octanol–water partition coefficient (Wildman–Crippen LogP) is 4.48. The molecule has 0 saturated carbocycles. The van der Waals surface area contributed by atoms with E-state index in [2.05, 4.69) is 34.0 Å². The Morgan fingerprint density at radius 1 is 1.17 bits per heavy atom. The second-order valence-corrected chi connectivity index (χ2v) is 10.1. The molecule has 0 bridgehead atoms. The Hall–Kier alpha value is -2.91. The minimum Gasteiger partial charge on any atom is -0.390 e. The molecular formula is C27H35F2N5O2. The molecule has 0 radical (unpaired) electrons. The molecule has 0 aliphatic carbocycles. The maximum Gasteiger partial charge on any atom is 0.295 e. The molecule has 36 heavy (non-hydrogen) atoms. The van der Waals surface area contributed by atoms with Crippen molar-refractivity contribution in [2.24, 2.45) is 7.05 Å². The molecule has 0 unspecified atom stereocenters. The molecule has 2 aromatic heterocycles. The average molecular weight is 500 g/mol. The van der Waals surface area contributed by atoms with Crippen LogP contribution in [-0.2, 0) is 13.0 Å². The van der Waals surface area contributed by atoms with Crippen LogP contribution in [0.15, 0.2) is 35.1 Å². The van der Waals surface area contributed by atoms with Crippen molar-refractivity contribution in [2.75, 3.05) is 25.0 Å². The maximum absolute atomic E-state index is 14.1. The van der Waals surface area contributed by atoms with Gasteiger partial charge in [0.2, 0.25) is 0 Å². The molecule has 1 aliphatic heterocycles. The van der Waals surface area contributed by atoms with E-state index in [0.29, 0.717) is 34.2 Å². The molecular weight excluding hydrogens is 464 g/mol. The highest BCUT2D eigenvalue weighted by molar-refractivity contribution is 5.89. The van der Waals surface area contributed by atoms with Gasteiger partial charge in [-0.25, -0.2) is 9.97 Å². The van der Waals surface area contributed by atoms with E-state index in [-0.39, 0.29) is 23.1 Å². The fourth-order valence-electron chi connectivity index (χ4n) is 5.03. The number of hydrogen-bond acceptors (Lipinski definition) is 6. The smallest absolute Gasteiger partial charge is 0.295 e. The van der Waals surface area contributed by atoms with Crippen LogP contribution in [0.25, 0.3) is 10.9 Å². The largest absolute Gasteiger partial charge is 0.390 e. The summed E-state index contributed by atoms with van der Waals surface area (Å²) in [6.07, 6.45) is 1.93. The standard InChI is InChI=1S/C27H35F2N5O2/c1-16(2)34-11-9-19(10-12-34)23-14-22-24(26(36)33(23)5)31-18(4)32-25(22)30-17(3)20-7-6-8-21(13-20)27(28,29)15-35/h6-8,13-14,16-17,19,35H,9-12,15H2,1-5H3,(H,30,31,32)/t17-/m1/s1. The summed E-state index contributed by atoms with van der Waals surface area (Å²) in [6, 6.07) is 8.12. The fraction of sp³-hybridized carbons (Fsp3) is 0.519. The van der Waals surface area contributed by atoms with Gasteiger partial charge >= 0.3 is 0 Å². The summed E-state index contributed by atoms with van der Waals surface area (Å²) < 4.78 is 29.8. The van der Waals surface area contributed by atoms with Gasteiger partial charge in [-0.3, -0.25) is 4.79 Å². The van der Waals surface area contributed by atoms with E-state index in [1.165, 1.54) is 12.1 Å². The summed E-state index contributed by atoms with van der Waals surface area (Å²) in [4.78, 5) is 24.8. The SMILES string of the molecule is Cc1nc(N[C@H](C)c2cccc(C(F)(F)CO)c2)c2cc(C3CCN(C(C)C)CC3)n(C)c(=O)c2n1. The van der Waals surface area contributed by atoms with Crippen LogP contribution in [0.2, 0.25) is 0 Å². The number of pyridine rings is 1. The quantitative estimate of drug-likeness (QED) is 0.499. The highest BCUT2D eigenvalue weighted by Crippen LogP contribution is 2.33. The summed E-state index contributed by atoms with van der Waals surface area (Å²) in [6.45, 7) is 8.69. The number of benzene rings is 1. The Balaban J connectivity index is 1.71. The van der Waals surface area contributed by atoms with Crippen LogP contribution in [-0.4, -0.2) is 50.3 Å². The van der Waals surface area contributed by atoms with Gasteiger partial charge in [-0.05, 0) is 71.3 Å². The second kappa shape index (κ2) is 10.2. The zero-order valence-electron chi connectivity index (χ0n) is 21.6. The molecule has 194 valence electrons. The molecule has 1 atom stereocenters. The number of aliphatic hydroxyl groups is 1. The Morgan fingerprint density at radius 2 is 1.86 bits per heavy atom. The molecule has 1 saturated heterocycles. The van der Waals surface area contributed by atoms with Crippen LogP contribution < -0.4 is 10.9 Å². The van der Waals surface area contributed by atoms with Gasteiger partial charge in [0.1, 0.15) is 23.8 Å². The number of nitrogens with one attached hydrogen (secondary N) is 1. The molecule has 3 heterocycles. The molecule has 1 aliphatic rings. The fourth-order valence-corrected chi connectivity index (χ4v) is 5.03. The third kappa shape index (κ3) is 5.13. The lowest BCUT2D eigenvalue weighted by Gasteiger charge is -2.35. The van der Waals surface area contributed by atoms with E-state index >= 15 is 0 Å². The first-order valence-corrected chi connectivity index (χ1v) is 12.5. The minimum absolute atomic E-state index is 0.167. The average Bonchev–Trinajstić information content (AvgIpc) is 2.86. The number of fused-ring (bicyclic) bond motifs is 1. The molecule has 3 aromatic rings. The normalized spacial score (nSPS) is 16.6. The molecule has 4 rings (SSSR count). The first-order chi connectivity index (χ1) is 17.0. The molecule has 7 nitrogen and oxygen atoms in total. The third-order valence-electron chi connectivity index (χ3n) is 7.28. The van der Waals surface area contributed by atoms with Gasteiger partial charge in [0.15, 0.2) is 0 Å². The number of piperidine rings is 1. The van der Waals surface area contributed by atoms with Gasteiger partial charge in [-0.15, -0.1) is 0 Å². The highest BCUT2D eigenvalue weighted by atomic mass is 19.3. The summed E-state index contributed by atoms with van der Waals surface area (Å²) in [5, 5.41) is 13.0. The second-order valence-electron chi connectivity index (χ2n) is 10.1. The van der Waals surface area contributed by atoms with E-state index in [1.807, 2.05) is 13.0 Å². The number of hydrogen-bond donors (Lipinski definition) is 2. The summed E-state index contributed by atoms with van der Waals surface area (Å²) >= 11 is 0. The van der Waals surface area contributed by atoms with E-state index in [4.69, 9.17) is 5.11 Å². The molecule has 9 heteroatoms. The van der Waals surface area contributed by atoms with Crippen LogP contribution in [0.3, 0.4) is 0 Å². The zero-order chi connectivity index (χ0) is 26.2. The number of anilines is 1. The van der Waals surface area contributed by atoms with Crippen molar-refractivity contribution in [3.63, 3.8) is 0 Å². The van der Waals surface area contributed by atoms with Crippen LogP contribution in [0.4, 0.5) is 14.6 Å². The Kier molecular flexibility index (Phi) is 7.43. The Morgan fingerprint density at radius 3 is 2.50 bits per heavy atom. The van der Waals surface area contributed by atoms with Gasteiger partial charge in [-0.1, -0.05) is 18.2 Å². The van der Waals surface area contributed by atoms with E-state index in [0.717, 1.165) is 31.6 Å². The van der Waals surface area contributed by atoms with Crippen molar-refractivity contribution in [2.45, 2.75) is 64.5 Å². The first-order valence-electron chi connectivity index (χ1n) is 12.5. The van der Waals surface area contributed by atoms with Crippen molar-refractivity contribution in [3.05, 3.63) is 63.3 Å². The van der Waals surface area contributed by atoms with Crippen molar-refractivity contribution in [3.8, 4) is 0 Å². The van der Waals surface area contributed by atoms with Crippen molar-refractivity contribution < 1.29 is 13.9 Å². The van der Waals surface area contributed by atoms with E-state index in [9.17, 15) is 13.6 Å². The molecule has 1 aromatic carbocycles. The van der Waals surface area contributed by atoms with E-state index in [1.54, 1.807) is 30.7 Å². The lowest BCUT2D eigenvalue weighted by atomic mass is 9.91. The first kappa shape index (κ1) is 26.2.